The summed E-state index contributed by atoms with van der Waals surface area (Å²) in [5, 5.41) is 6.00. The summed E-state index contributed by atoms with van der Waals surface area (Å²) >= 11 is 0. The number of nitrogens with zero attached hydrogens (tertiary/aromatic N) is 4. The third-order valence-electron chi connectivity index (χ3n) is 8.72. The number of benzene rings is 1. The molecule has 0 aliphatic carbocycles. The molecule has 2 aromatic heterocycles. The zero-order valence-corrected chi connectivity index (χ0v) is 24.3. The first-order valence-electron chi connectivity index (χ1n) is 14.7. The molecule has 3 atom stereocenters. The highest BCUT2D eigenvalue weighted by atomic mass is 19.4. The summed E-state index contributed by atoms with van der Waals surface area (Å²) in [4.78, 5) is 14.7. The van der Waals surface area contributed by atoms with E-state index in [0.29, 0.717) is 32.1 Å². The van der Waals surface area contributed by atoms with Gasteiger partial charge in [0.25, 0.3) is 0 Å². The van der Waals surface area contributed by atoms with Gasteiger partial charge in [-0.05, 0) is 50.9 Å². The van der Waals surface area contributed by atoms with E-state index in [0.717, 1.165) is 13.3 Å². The Hall–Kier alpha value is -3.66. The zero-order valence-electron chi connectivity index (χ0n) is 24.3. The predicted octanol–water partition coefficient (Wildman–Crippen LogP) is 4.96. The quantitative estimate of drug-likeness (QED) is 0.263. The SMILES string of the molecule is Cc1c(F)c(N)cc(-c2nc3c4c(nc(OCC56CCCN5C[C@H](F)C6)nc4c2F)NCCNCCC(CF)O3)c1C(F)(F)F. The van der Waals surface area contributed by atoms with Crippen molar-refractivity contribution in [2.45, 2.75) is 56.6 Å². The summed E-state index contributed by atoms with van der Waals surface area (Å²) in [5.74, 6) is -3.05. The van der Waals surface area contributed by atoms with E-state index in [1.165, 1.54) is 0 Å². The highest BCUT2D eigenvalue weighted by Gasteiger charge is 2.49. The molecule has 4 N–H and O–H groups in total. The Morgan fingerprint density at radius 2 is 1.96 bits per heavy atom. The van der Waals surface area contributed by atoms with Crippen LogP contribution in [0.1, 0.15) is 36.8 Å². The van der Waals surface area contributed by atoms with Crippen molar-refractivity contribution in [1.82, 2.24) is 25.2 Å². The van der Waals surface area contributed by atoms with Gasteiger partial charge in [0.1, 0.15) is 53.8 Å². The van der Waals surface area contributed by atoms with Gasteiger partial charge in [0.15, 0.2) is 5.82 Å². The Labute approximate surface area is 253 Å². The van der Waals surface area contributed by atoms with Gasteiger partial charge in [0.2, 0.25) is 5.88 Å². The summed E-state index contributed by atoms with van der Waals surface area (Å²) in [6.45, 7) is 1.87. The molecular weight excluding hydrogens is 611 g/mol. The van der Waals surface area contributed by atoms with E-state index in [-0.39, 0.29) is 49.8 Å². The van der Waals surface area contributed by atoms with Gasteiger partial charge in [-0.15, -0.1) is 0 Å². The minimum atomic E-state index is -5.13. The molecule has 0 spiro atoms. The molecule has 1 aromatic carbocycles. The number of halogens is 7. The fourth-order valence-corrected chi connectivity index (χ4v) is 6.58. The van der Waals surface area contributed by atoms with Crippen LogP contribution >= 0.6 is 0 Å². The van der Waals surface area contributed by atoms with E-state index in [4.69, 9.17) is 15.2 Å². The average molecular weight is 644 g/mol. The third-order valence-corrected chi connectivity index (χ3v) is 8.72. The average Bonchev–Trinajstić information content (AvgIpc) is 3.50. The standard InChI is InChI=1S/C29H32F7N7O2/c1-14-20(29(34,35)36)17(9-18(37)21(14)32)23-22(33)24-19-25(39-7-6-38-5-3-16(11-30)45-26(19)40-23)42-27(41-24)44-13-28-4-2-8-43(28)12-15(31)10-28/h9,15-16,38H,2-8,10-13,37H2,1H3,(H,39,41,42)/t15-,16?,28?/m1/s1. The number of fused-ring (bicyclic) bond motifs is 1. The highest BCUT2D eigenvalue weighted by Crippen LogP contribution is 2.45. The molecule has 9 nitrogen and oxygen atoms in total. The van der Waals surface area contributed by atoms with Crippen LogP contribution in [0.3, 0.4) is 0 Å². The minimum Gasteiger partial charge on any atom is -0.471 e. The molecule has 16 heteroatoms. The largest absolute Gasteiger partial charge is 0.471 e. The maximum atomic E-state index is 16.5. The second-order valence-corrected chi connectivity index (χ2v) is 11.7. The molecule has 0 radical (unpaired) electrons. The van der Waals surface area contributed by atoms with Crippen LogP contribution in [0.5, 0.6) is 11.9 Å². The number of nitrogens with one attached hydrogen (secondary N) is 2. The lowest BCUT2D eigenvalue weighted by Gasteiger charge is -2.30. The fraction of sp³-hybridized carbons (Fsp3) is 0.552. The fourth-order valence-electron chi connectivity index (χ4n) is 6.58. The first kappa shape index (κ1) is 31.3. The normalized spacial score (nSPS) is 24.2. The van der Waals surface area contributed by atoms with Crippen LogP contribution < -0.4 is 25.8 Å². The first-order valence-corrected chi connectivity index (χ1v) is 14.7. The molecule has 5 heterocycles. The van der Waals surface area contributed by atoms with Gasteiger partial charge in [-0.1, -0.05) is 0 Å². The Kier molecular flexibility index (Phi) is 8.31. The van der Waals surface area contributed by atoms with Crippen LogP contribution in [0, 0.1) is 18.6 Å². The number of nitrogen functional groups attached to an aromatic ring is 1. The summed E-state index contributed by atoms with van der Waals surface area (Å²) in [6, 6.07) is 0.335. The van der Waals surface area contributed by atoms with Crippen molar-refractivity contribution in [3.63, 3.8) is 0 Å². The third kappa shape index (κ3) is 5.77. The Bertz CT molecular complexity index is 1610. The molecule has 244 valence electrons. The number of anilines is 2. The van der Waals surface area contributed by atoms with Crippen LogP contribution in [0.2, 0.25) is 0 Å². The molecule has 6 rings (SSSR count). The summed E-state index contributed by atoms with van der Waals surface area (Å²) in [7, 11) is 0. The van der Waals surface area contributed by atoms with Crippen LogP contribution in [0.15, 0.2) is 6.07 Å². The van der Waals surface area contributed by atoms with Crippen LogP contribution in [-0.2, 0) is 6.18 Å². The van der Waals surface area contributed by atoms with E-state index in [9.17, 15) is 26.3 Å². The first-order chi connectivity index (χ1) is 21.4. The molecule has 3 aliphatic heterocycles. The molecule has 0 amide bonds. The Morgan fingerprint density at radius 1 is 1.16 bits per heavy atom. The second-order valence-electron chi connectivity index (χ2n) is 11.7. The Balaban J connectivity index is 1.55. The number of ether oxygens (including phenoxy) is 2. The molecule has 2 saturated heterocycles. The summed E-state index contributed by atoms with van der Waals surface area (Å²) in [5.41, 5.74) is -0.133. The molecule has 2 unspecified atom stereocenters. The van der Waals surface area contributed by atoms with Gasteiger partial charge in [-0.3, -0.25) is 4.90 Å². The molecule has 3 aromatic rings. The van der Waals surface area contributed by atoms with E-state index in [2.05, 4.69) is 25.6 Å². The predicted molar refractivity (Wildman–Crippen MR) is 152 cm³/mol. The Morgan fingerprint density at radius 3 is 2.71 bits per heavy atom. The lowest BCUT2D eigenvalue weighted by Crippen LogP contribution is -2.43. The van der Waals surface area contributed by atoms with Gasteiger partial charge in [0, 0.05) is 31.6 Å². The van der Waals surface area contributed by atoms with Crippen molar-refractivity contribution in [2.24, 2.45) is 0 Å². The number of hydrogen-bond donors (Lipinski definition) is 3. The van der Waals surface area contributed by atoms with Gasteiger partial charge >= 0.3 is 12.2 Å². The summed E-state index contributed by atoms with van der Waals surface area (Å²) in [6.07, 6.45) is -5.33. The number of nitrogens with two attached hydrogens (primary N) is 1. The van der Waals surface area contributed by atoms with Crippen molar-refractivity contribution in [2.75, 3.05) is 57.1 Å². The van der Waals surface area contributed by atoms with Crippen LogP contribution in [-0.4, -0.2) is 83.7 Å². The van der Waals surface area contributed by atoms with E-state index in [1.54, 1.807) is 0 Å². The number of alkyl halides is 5. The van der Waals surface area contributed by atoms with E-state index >= 15 is 4.39 Å². The summed E-state index contributed by atoms with van der Waals surface area (Å²) < 4.78 is 114. The van der Waals surface area contributed by atoms with Gasteiger partial charge in [-0.2, -0.15) is 23.1 Å². The number of hydrogen-bond acceptors (Lipinski definition) is 9. The second kappa shape index (κ2) is 11.9. The van der Waals surface area contributed by atoms with E-state index in [1.807, 2.05) is 4.90 Å². The molecule has 3 aliphatic rings. The van der Waals surface area contributed by atoms with E-state index < -0.39 is 81.8 Å². The smallest absolute Gasteiger partial charge is 0.417 e. The highest BCUT2D eigenvalue weighted by molar-refractivity contribution is 5.96. The lowest BCUT2D eigenvalue weighted by atomic mass is 9.95. The van der Waals surface area contributed by atoms with Crippen LogP contribution in [0.4, 0.5) is 42.2 Å². The molecule has 0 bridgehead atoms. The maximum Gasteiger partial charge on any atom is 0.417 e. The monoisotopic (exact) mass is 643 g/mol. The van der Waals surface area contributed by atoms with Gasteiger partial charge in [0.05, 0.1) is 16.8 Å². The topological polar surface area (TPSA) is 110 Å². The number of pyridine rings is 1. The maximum absolute atomic E-state index is 16.5. The van der Waals surface area contributed by atoms with Crippen molar-refractivity contribution in [3.05, 3.63) is 28.8 Å². The van der Waals surface area contributed by atoms with Gasteiger partial charge in [-0.25, -0.2) is 22.5 Å². The number of rotatable bonds is 5. The minimum absolute atomic E-state index is 0.00131. The van der Waals surface area contributed by atoms with Crippen molar-refractivity contribution >= 4 is 22.4 Å². The zero-order chi connectivity index (χ0) is 32.1. The van der Waals surface area contributed by atoms with Gasteiger partial charge < -0.3 is 25.8 Å². The molecular formula is C29H32F7N7O2. The molecule has 2 fully saturated rings. The van der Waals surface area contributed by atoms with Crippen molar-refractivity contribution < 1.29 is 40.2 Å². The van der Waals surface area contributed by atoms with Crippen molar-refractivity contribution in [1.29, 1.82) is 0 Å². The lowest BCUT2D eigenvalue weighted by molar-refractivity contribution is -0.137. The molecule has 0 saturated carbocycles. The van der Waals surface area contributed by atoms with Crippen molar-refractivity contribution in [3.8, 4) is 23.1 Å². The number of aromatic nitrogens is 3. The molecule has 45 heavy (non-hydrogen) atoms. The van der Waals surface area contributed by atoms with Crippen LogP contribution in [0.25, 0.3) is 22.2 Å².